The number of hydrogen-bond acceptors (Lipinski definition) is 8. The van der Waals surface area contributed by atoms with Crippen molar-refractivity contribution in [2.45, 2.75) is 36.0 Å². The fourth-order valence-electron chi connectivity index (χ4n) is 3.77. The number of pyridine rings is 2. The van der Waals surface area contributed by atoms with Crippen LogP contribution in [0.4, 0.5) is 29.3 Å². The molecule has 198 valence electrons. The molecule has 1 aliphatic carbocycles. The van der Waals surface area contributed by atoms with E-state index in [0.717, 1.165) is 6.07 Å². The number of fused-ring (bicyclic) bond motifs is 1. The quantitative estimate of drug-likeness (QED) is 0.217. The van der Waals surface area contributed by atoms with Crippen molar-refractivity contribution in [2.24, 2.45) is 5.14 Å². The molecule has 3 aromatic heterocycles. The van der Waals surface area contributed by atoms with Crippen molar-refractivity contribution in [1.29, 1.82) is 0 Å². The van der Waals surface area contributed by atoms with Crippen molar-refractivity contribution >= 4 is 44.4 Å². The summed E-state index contributed by atoms with van der Waals surface area (Å²) in [6.07, 6.45) is -3.54. The molecule has 1 aromatic carbocycles. The predicted molar refractivity (Wildman–Crippen MR) is 132 cm³/mol. The van der Waals surface area contributed by atoms with Gasteiger partial charge < -0.3 is 10.6 Å². The topological polar surface area (TPSA) is 136 Å². The number of nitrogens with two attached hydrogens (primary N) is 1. The third-order valence-corrected chi connectivity index (χ3v) is 7.04. The van der Waals surface area contributed by atoms with Gasteiger partial charge in [0.15, 0.2) is 5.82 Å². The molecule has 5 rings (SSSR count). The van der Waals surface area contributed by atoms with Crippen molar-refractivity contribution in [1.82, 2.24) is 19.9 Å². The Bertz CT molecular complexity index is 1650. The van der Waals surface area contributed by atoms with E-state index in [-0.39, 0.29) is 52.1 Å². The van der Waals surface area contributed by atoms with Crippen LogP contribution >= 0.6 is 11.6 Å². The molecule has 38 heavy (non-hydrogen) atoms. The molecule has 1 saturated carbocycles. The summed E-state index contributed by atoms with van der Waals surface area (Å²) in [5.74, 6) is -0.874. The number of aromatic nitrogens is 4. The Kier molecular flexibility index (Phi) is 6.36. The Labute approximate surface area is 218 Å². The maximum Gasteiger partial charge on any atom is 0.411 e. The van der Waals surface area contributed by atoms with Crippen LogP contribution in [0, 0.1) is 5.95 Å². The molecule has 0 spiro atoms. The van der Waals surface area contributed by atoms with Crippen LogP contribution in [-0.2, 0) is 16.6 Å². The van der Waals surface area contributed by atoms with E-state index >= 15 is 0 Å². The van der Waals surface area contributed by atoms with Crippen molar-refractivity contribution in [3.05, 3.63) is 65.2 Å². The highest BCUT2D eigenvalue weighted by Crippen LogP contribution is 2.51. The van der Waals surface area contributed by atoms with E-state index in [9.17, 15) is 26.0 Å². The predicted octanol–water partition coefficient (Wildman–Crippen LogP) is 4.65. The van der Waals surface area contributed by atoms with E-state index < -0.39 is 27.7 Å². The number of halogens is 5. The standard InChI is InChI=1S/C23H18ClF4N7O2S/c24-14-7-12(8-15(9-14)38(29,36)37)10-31-21-33-17-3-2-16(13-1-4-18(25)30-11-13)32-19(17)20(34-21)35-22(5-6-22)23(26,27)28/h1-4,7-9,11H,5-6,10H2,(H2,29,36,37)(H2,31,33,34,35). The molecule has 4 aromatic rings. The summed E-state index contributed by atoms with van der Waals surface area (Å²) in [7, 11) is -4.02. The number of primary sulfonamides is 1. The number of alkyl halides is 3. The van der Waals surface area contributed by atoms with Crippen LogP contribution in [0.3, 0.4) is 0 Å². The first-order valence-electron chi connectivity index (χ1n) is 11.0. The van der Waals surface area contributed by atoms with Gasteiger partial charge in [-0.15, -0.1) is 0 Å². The van der Waals surface area contributed by atoms with Crippen LogP contribution in [0.1, 0.15) is 18.4 Å². The molecule has 9 nitrogen and oxygen atoms in total. The molecule has 0 amide bonds. The summed E-state index contributed by atoms with van der Waals surface area (Å²) >= 11 is 6.01. The highest BCUT2D eigenvalue weighted by atomic mass is 35.5. The Balaban J connectivity index is 1.53. The lowest BCUT2D eigenvalue weighted by atomic mass is 10.1. The average molecular weight is 568 g/mol. The lowest BCUT2D eigenvalue weighted by molar-refractivity contribution is -0.151. The number of hydrogen-bond donors (Lipinski definition) is 3. The van der Waals surface area contributed by atoms with E-state index in [1.807, 2.05) is 0 Å². The highest BCUT2D eigenvalue weighted by Gasteiger charge is 2.64. The maximum absolute atomic E-state index is 13.7. The lowest BCUT2D eigenvalue weighted by Crippen LogP contribution is -2.39. The van der Waals surface area contributed by atoms with Gasteiger partial charge >= 0.3 is 6.18 Å². The third-order valence-electron chi connectivity index (χ3n) is 5.93. The molecule has 0 aliphatic heterocycles. The van der Waals surface area contributed by atoms with E-state index in [4.69, 9.17) is 16.7 Å². The molecule has 0 radical (unpaired) electrons. The normalized spacial score (nSPS) is 14.9. The Morgan fingerprint density at radius 1 is 1.05 bits per heavy atom. The first-order chi connectivity index (χ1) is 17.8. The van der Waals surface area contributed by atoms with Gasteiger partial charge in [0, 0.05) is 23.3 Å². The third kappa shape index (κ3) is 5.33. The number of benzene rings is 1. The van der Waals surface area contributed by atoms with Crippen LogP contribution in [0.5, 0.6) is 0 Å². The SMILES string of the molecule is NS(=O)(=O)c1cc(Cl)cc(CNc2nc(NC3(C(F)(F)F)CC3)c3nc(-c4ccc(F)nc4)ccc3n2)c1. The van der Waals surface area contributed by atoms with Crippen LogP contribution in [-0.4, -0.2) is 40.1 Å². The van der Waals surface area contributed by atoms with Gasteiger partial charge in [-0.1, -0.05) is 11.6 Å². The van der Waals surface area contributed by atoms with Gasteiger partial charge in [-0.05, 0) is 60.9 Å². The zero-order chi connectivity index (χ0) is 27.3. The Hall–Kier alpha value is -3.62. The first-order valence-corrected chi connectivity index (χ1v) is 13.0. The Morgan fingerprint density at radius 2 is 1.82 bits per heavy atom. The van der Waals surface area contributed by atoms with Crippen molar-refractivity contribution in [3.8, 4) is 11.3 Å². The summed E-state index contributed by atoms with van der Waals surface area (Å²) < 4.78 is 77.9. The minimum absolute atomic E-state index is 0.00873. The second-order valence-electron chi connectivity index (χ2n) is 8.73. The molecule has 0 bridgehead atoms. The molecule has 0 atom stereocenters. The van der Waals surface area contributed by atoms with Crippen molar-refractivity contribution in [2.75, 3.05) is 10.6 Å². The average Bonchev–Trinajstić information content (AvgIpc) is 3.63. The van der Waals surface area contributed by atoms with Gasteiger partial charge in [-0.3, -0.25) is 0 Å². The second-order valence-corrected chi connectivity index (χ2v) is 10.7. The summed E-state index contributed by atoms with van der Waals surface area (Å²) in [5.41, 5.74) is -0.622. The van der Waals surface area contributed by atoms with Gasteiger partial charge in [0.1, 0.15) is 11.1 Å². The second kappa shape index (κ2) is 9.29. The zero-order valence-corrected chi connectivity index (χ0v) is 20.8. The Morgan fingerprint density at radius 3 is 2.45 bits per heavy atom. The molecule has 0 saturated heterocycles. The van der Waals surface area contributed by atoms with Gasteiger partial charge in [0.2, 0.25) is 21.9 Å². The number of anilines is 2. The number of sulfonamides is 1. The number of nitrogens with zero attached hydrogens (tertiary/aromatic N) is 4. The van der Waals surface area contributed by atoms with Gasteiger partial charge in [-0.2, -0.15) is 22.5 Å². The summed E-state index contributed by atoms with van der Waals surface area (Å²) in [4.78, 5) is 16.4. The van der Waals surface area contributed by atoms with Gasteiger partial charge in [-0.25, -0.2) is 28.5 Å². The number of rotatable bonds is 7. The fourth-order valence-corrected chi connectivity index (χ4v) is 4.70. The molecule has 3 heterocycles. The summed E-state index contributed by atoms with van der Waals surface area (Å²) in [6, 6.07) is 9.71. The van der Waals surface area contributed by atoms with Gasteiger partial charge in [0.05, 0.1) is 16.1 Å². The smallest absolute Gasteiger partial charge is 0.354 e. The van der Waals surface area contributed by atoms with Crippen LogP contribution in [0.25, 0.3) is 22.3 Å². The lowest BCUT2D eigenvalue weighted by Gasteiger charge is -2.22. The molecular weight excluding hydrogens is 550 g/mol. The summed E-state index contributed by atoms with van der Waals surface area (Å²) in [5, 5.41) is 10.7. The van der Waals surface area contributed by atoms with Crippen molar-refractivity contribution in [3.63, 3.8) is 0 Å². The number of nitrogens with one attached hydrogen (secondary N) is 2. The van der Waals surface area contributed by atoms with E-state index in [0.29, 0.717) is 16.8 Å². The molecule has 15 heteroatoms. The van der Waals surface area contributed by atoms with E-state index in [1.165, 1.54) is 30.5 Å². The molecule has 1 aliphatic rings. The van der Waals surface area contributed by atoms with E-state index in [1.54, 1.807) is 12.1 Å². The largest absolute Gasteiger partial charge is 0.411 e. The summed E-state index contributed by atoms with van der Waals surface area (Å²) in [6.45, 7) is -0.00873. The first kappa shape index (κ1) is 26.0. The zero-order valence-electron chi connectivity index (χ0n) is 19.2. The van der Waals surface area contributed by atoms with Crippen LogP contribution in [0.15, 0.2) is 53.6 Å². The maximum atomic E-state index is 13.7. The van der Waals surface area contributed by atoms with Gasteiger partial charge in [0.25, 0.3) is 0 Å². The fraction of sp³-hybridized carbons (Fsp3) is 0.217. The van der Waals surface area contributed by atoms with E-state index in [2.05, 4.69) is 30.6 Å². The molecule has 0 unspecified atom stereocenters. The molecule has 1 fully saturated rings. The highest BCUT2D eigenvalue weighted by molar-refractivity contribution is 7.89. The minimum Gasteiger partial charge on any atom is -0.354 e. The van der Waals surface area contributed by atoms with Crippen LogP contribution < -0.4 is 15.8 Å². The molecule has 4 N–H and O–H groups in total. The van der Waals surface area contributed by atoms with Crippen molar-refractivity contribution < 1.29 is 26.0 Å². The minimum atomic E-state index is -4.53. The van der Waals surface area contributed by atoms with Crippen LogP contribution in [0.2, 0.25) is 5.02 Å². The monoisotopic (exact) mass is 567 g/mol. The molecular formula is C23H18ClF4N7O2S.